The molecular weight excluding hydrogens is 292 g/mol. The summed E-state index contributed by atoms with van der Waals surface area (Å²) >= 11 is 6.13. The van der Waals surface area contributed by atoms with E-state index in [9.17, 15) is 4.79 Å². The highest BCUT2D eigenvalue weighted by atomic mass is 35.5. The van der Waals surface area contributed by atoms with Gasteiger partial charge in [-0.1, -0.05) is 17.7 Å². The monoisotopic (exact) mass is 310 g/mol. The van der Waals surface area contributed by atoms with Crippen LogP contribution in [0, 0.1) is 5.92 Å². The van der Waals surface area contributed by atoms with Crippen LogP contribution < -0.4 is 16.6 Å². The van der Waals surface area contributed by atoms with Gasteiger partial charge in [0.15, 0.2) is 0 Å². The number of fused-ring (bicyclic) bond motifs is 1. The summed E-state index contributed by atoms with van der Waals surface area (Å²) < 4.78 is 7.03. The topological polar surface area (TPSA) is 82.2 Å². The fourth-order valence-electron chi connectivity index (χ4n) is 3.12. The molecule has 0 bridgehead atoms. The zero-order valence-electron chi connectivity index (χ0n) is 11.7. The largest absolute Gasteiger partial charge is 0.376 e. The fraction of sp³-hybridized carbons (Fsp3) is 0.571. The van der Waals surface area contributed by atoms with Crippen molar-refractivity contribution in [1.82, 2.24) is 9.78 Å². The van der Waals surface area contributed by atoms with Gasteiger partial charge in [-0.25, -0.2) is 4.68 Å². The van der Waals surface area contributed by atoms with Crippen LogP contribution in [0.1, 0.15) is 12.8 Å². The number of hydrogen-bond donors (Lipinski definition) is 2. The quantitative estimate of drug-likeness (QED) is 0.811. The smallest absolute Gasteiger partial charge is 0.287 e. The Bertz CT molecular complexity index is 603. The van der Waals surface area contributed by atoms with Crippen LogP contribution in [0.25, 0.3) is 0 Å². The van der Waals surface area contributed by atoms with Crippen LogP contribution >= 0.6 is 11.6 Å². The normalized spacial score (nSPS) is 31.1. The summed E-state index contributed by atoms with van der Waals surface area (Å²) in [5, 5.41) is 7.42. The van der Waals surface area contributed by atoms with Crippen molar-refractivity contribution in [2.45, 2.75) is 37.6 Å². The number of anilines is 1. The minimum atomic E-state index is -0.337. The molecule has 0 aromatic carbocycles. The van der Waals surface area contributed by atoms with Gasteiger partial charge in [-0.3, -0.25) is 4.79 Å². The van der Waals surface area contributed by atoms with Crippen molar-refractivity contribution in [2.24, 2.45) is 11.7 Å². The first kappa shape index (κ1) is 14.6. The third-order valence-electron chi connectivity index (χ3n) is 4.29. The maximum absolute atomic E-state index is 12.0. The summed E-state index contributed by atoms with van der Waals surface area (Å²) in [6.07, 6.45) is 5.40. The third-order valence-corrected chi connectivity index (χ3v) is 4.65. The highest BCUT2D eigenvalue weighted by Crippen LogP contribution is 2.39. The number of hydrogen-bond acceptors (Lipinski definition) is 5. The molecule has 1 aromatic rings. The molecule has 3 rings (SSSR count). The lowest BCUT2D eigenvalue weighted by molar-refractivity contribution is -0.104. The number of allylic oxidation sites excluding steroid dienone is 1. The molecule has 3 N–H and O–H groups in total. The van der Waals surface area contributed by atoms with Gasteiger partial charge >= 0.3 is 0 Å². The van der Waals surface area contributed by atoms with Gasteiger partial charge in [0.2, 0.25) is 0 Å². The second kappa shape index (κ2) is 5.79. The van der Waals surface area contributed by atoms with Crippen LogP contribution in [0.2, 0.25) is 5.02 Å². The molecule has 114 valence electrons. The van der Waals surface area contributed by atoms with Crippen LogP contribution in [0.15, 0.2) is 23.6 Å². The summed E-state index contributed by atoms with van der Waals surface area (Å²) in [5.41, 5.74) is 6.36. The number of halogens is 1. The predicted molar refractivity (Wildman–Crippen MR) is 81.6 cm³/mol. The average molecular weight is 311 g/mol. The summed E-state index contributed by atoms with van der Waals surface area (Å²) in [6, 6.07) is -0.00812. The second-order valence-corrected chi connectivity index (χ2v) is 5.92. The summed E-state index contributed by atoms with van der Waals surface area (Å²) in [4.78, 5) is 12.0. The molecule has 2 fully saturated rings. The SMILES string of the molecule is C=CCn1ncc(NC2C(N)C3CCCOC32)c(Cl)c1=O. The van der Waals surface area contributed by atoms with Gasteiger partial charge in [0, 0.05) is 18.6 Å². The van der Waals surface area contributed by atoms with Crippen molar-refractivity contribution in [3.05, 3.63) is 34.2 Å². The number of nitrogens with zero attached hydrogens (tertiary/aromatic N) is 2. The summed E-state index contributed by atoms with van der Waals surface area (Å²) in [7, 11) is 0. The minimum Gasteiger partial charge on any atom is -0.376 e. The van der Waals surface area contributed by atoms with E-state index in [1.54, 1.807) is 12.3 Å². The fourth-order valence-corrected chi connectivity index (χ4v) is 3.32. The van der Waals surface area contributed by atoms with E-state index in [0.29, 0.717) is 18.2 Å². The summed E-state index contributed by atoms with van der Waals surface area (Å²) in [5.74, 6) is 0.393. The molecule has 7 heteroatoms. The minimum absolute atomic E-state index is 0.0157. The first-order valence-corrected chi connectivity index (χ1v) is 7.51. The maximum Gasteiger partial charge on any atom is 0.287 e. The number of aromatic nitrogens is 2. The predicted octanol–water partition coefficient (Wildman–Crippen LogP) is 0.999. The van der Waals surface area contributed by atoms with Crippen LogP contribution in [-0.4, -0.2) is 34.6 Å². The molecule has 0 spiro atoms. The lowest BCUT2D eigenvalue weighted by Gasteiger charge is -2.52. The van der Waals surface area contributed by atoms with Crippen molar-refractivity contribution in [3.63, 3.8) is 0 Å². The Labute approximate surface area is 127 Å². The molecule has 4 atom stereocenters. The Kier molecular flexibility index (Phi) is 4.01. The Morgan fingerprint density at radius 3 is 3.24 bits per heavy atom. The lowest BCUT2D eigenvalue weighted by Crippen LogP contribution is -2.69. The number of nitrogens with two attached hydrogens (primary N) is 1. The van der Waals surface area contributed by atoms with Gasteiger partial charge in [0.25, 0.3) is 5.56 Å². The van der Waals surface area contributed by atoms with Crippen LogP contribution in [0.5, 0.6) is 0 Å². The van der Waals surface area contributed by atoms with Gasteiger partial charge in [-0.05, 0) is 12.8 Å². The molecule has 4 unspecified atom stereocenters. The van der Waals surface area contributed by atoms with Crippen LogP contribution in [0.4, 0.5) is 5.69 Å². The van der Waals surface area contributed by atoms with Crippen molar-refractivity contribution >= 4 is 17.3 Å². The molecule has 21 heavy (non-hydrogen) atoms. The van der Waals surface area contributed by atoms with E-state index in [4.69, 9.17) is 22.1 Å². The van der Waals surface area contributed by atoms with Crippen molar-refractivity contribution in [3.8, 4) is 0 Å². The number of rotatable bonds is 4. The van der Waals surface area contributed by atoms with E-state index in [-0.39, 0.29) is 28.8 Å². The molecule has 1 saturated heterocycles. The van der Waals surface area contributed by atoms with Gasteiger partial charge in [-0.15, -0.1) is 6.58 Å². The molecule has 0 amide bonds. The summed E-state index contributed by atoms with van der Waals surface area (Å²) in [6.45, 7) is 4.68. The molecule has 2 heterocycles. The Hall–Kier alpha value is -1.37. The number of ether oxygens (including phenoxy) is 1. The van der Waals surface area contributed by atoms with Crippen LogP contribution in [0.3, 0.4) is 0 Å². The molecule has 6 nitrogen and oxygen atoms in total. The maximum atomic E-state index is 12.0. The van der Waals surface area contributed by atoms with Crippen molar-refractivity contribution < 1.29 is 4.74 Å². The highest BCUT2D eigenvalue weighted by Gasteiger charge is 2.50. The molecule has 2 aliphatic rings. The number of nitrogens with one attached hydrogen (secondary N) is 1. The van der Waals surface area contributed by atoms with E-state index in [2.05, 4.69) is 17.0 Å². The molecule has 1 aliphatic carbocycles. The van der Waals surface area contributed by atoms with Crippen molar-refractivity contribution in [2.75, 3.05) is 11.9 Å². The zero-order valence-corrected chi connectivity index (χ0v) is 12.4. The average Bonchev–Trinajstić information content (AvgIpc) is 2.51. The van der Waals surface area contributed by atoms with E-state index in [1.165, 1.54) is 4.68 Å². The van der Waals surface area contributed by atoms with E-state index < -0.39 is 0 Å². The van der Waals surface area contributed by atoms with Gasteiger partial charge in [-0.2, -0.15) is 5.10 Å². The Balaban J connectivity index is 1.78. The molecule has 0 radical (unpaired) electrons. The first-order chi connectivity index (χ1) is 10.1. The second-order valence-electron chi connectivity index (χ2n) is 5.54. The van der Waals surface area contributed by atoms with E-state index in [1.807, 2.05) is 0 Å². The Morgan fingerprint density at radius 1 is 1.67 bits per heavy atom. The van der Waals surface area contributed by atoms with Gasteiger partial charge < -0.3 is 15.8 Å². The molecule has 1 saturated carbocycles. The third kappa shape index (κ3) is 2.47. The van der Waals surface area contributed by atoms with E-state index >= 15 is 0 Å². The van der Waals surface area contributed by atoms with Gasteiger partial charge in [0.1, 0.15) is 5.02 Å². The zero-order chi connectivity index (χ0) is 15.0. The van der Waals surface area contributed by atoms with Gasteiger partial charge in [0.05, 0.1) is 30.6 Å². The highest BCUT2D eigenvalue weighted by molar-refractivity contribution is 6.32. The standard InChI is InChI=1S/C14H19ClN4O2/c1-2-5-19-14(20)10(15)9(7-17-19)18-12-11(16)8-4-3-6-21-13(8)12/h2,7-8,11-13,18H,1,3-6,16H2. The lowest BCUT2D eigenvalue weighted by atomic mass is 9.68. The first-order valence-electron chi connectivity index (χ1n) is 7.13. The van der Waals surface area contributed by atoms with Crippen molar-refractivity contribution in [1.29, 1.82) is 0 Å². The molecular formula is C14H19ClN4O2. The van der Waals surface area contributed by atoms with Crippen LogP contribution in [-0.2, 0) is 11.3 Å². The van der Waals surface area contributed by atoms with E-state index in [0.717, 1.165) is 19.4 Å². The Morgan fingerprint density at radius 2 is 2.48 bits per heavy atom. The molecule has 1 aromatic heterocycles. The molecule has 1 aliphatic heterocycles.